The Bertz CT molecular complexity index is 1000. The highest BCUT2D eigenvalue weighted by Gasteiger charge is 2.15. The molecule has 0 aliphatic heterocycles. The number of hydrogen-bond acceptors (Lipinski definition) is 5. The zero-order valence-electron chi connectivity index (χ0n) is 11.8. The highest BCUT2D eigenvalue weighted by atomic mass is 32.1. The van der Waals surface area contributed by atoms with Crippen molar-refractivity contribution in [3.8, 4) is 0 Å². The van der Waals surface area contributed by atoms with Crippen molar-refractivity contribution in [2.75, 3.05) is 0 Å². The molecule has 3 rings (SSSR count). The number of thiophene rings is 1. The van der Waals surface area contributed by atoms with Crippen LogP contribution in [0, 0.1) is 14.9 Å². The zero-order chi connectivity index (χ0) is 15.9. The van der Waals surface area contributed by atoms with Crippen molar-refractivity contribution in [3.05, 3.63) is 43.4 Å². The number of nitro benzene ring substituents is 1. The van der Waals surface area contributed by atoms with E-state index in [0.29, 0.717) is 26.9 Å². The van der Waals surface area contributed by atoms with Crippen molar-refractivity contribution >= 4 is 49.5 Å². The minimum Gasteiger partial charge on any atom is -0.330 e. The van der Waals surface area contributed by atoms with Crippen LogP contribution in [0.15, 0.2) is 23.0 Å². The number of nitrogens with one attached hydrogen (secondary N) is 1. The SMILES string of the molecule is CCCCn1c(=S)[nH]c2c(sc3ccc([N+](=O)[O-])cc32)c1=O. The van der Waals surface area contributed by atoms with E-state index in [4.69, 9.17) is 12.2 Å². The van der Waals surface area contributed by atoms with Gasteiger partial charge in [-0.2, -0.15) is 0 Å². The van der Waals surface area contributed by atoms with Crippen LogP contribution in [-0.4, -0.2) is 14.5 Å². The number of non-ortho nitro benzene ring substituents is 1. The Hall–Kier alpha value is -2.06. The molecule has 0 saturated carbocycles. The number of aromatic amines is 1. The molecule has 0 bridgehead atoms. The van der Waals surface area contributed by atoms with Gasteiger partial charge in [0.25, 0.3) is 11.2 Å². The molecule has 3 aromatic rings. The monoisotopic (exact) mass is 335 g/mol. The molecule has 0 radical (unpaired) electrons. The lowest BCUT2D eigenvalue weighted by Gasteiger charge is -2.04. The molecule has 0 atom stereocenters. The maximum absolute atomic E-state index is 12.6. The first-order valence-corrected chi connectivity index (χ1v) is 8.09. The Balaban J connectivity index is 2.33. The third-order valence-electron chi connectivity index (χ3n) is 3.53. The van der Waals surface area contributed by atoms with Crippen LogP contribution in [0.2, 0.25) is 0 Å². The fourth-order valence-electron chi connectivity index (χ4n) is 2.38. The molecule has 114 valence electrons. The van der Waals surface area contributed by atoms with E-state index in [1.807, 2.05) is 0 Å². The zero-order valence-corrected chi connectivity index (χ0v) is 13.4. The summed E-state index contributed by atoms with van der Waals surface area (Å²) in [4.78, 5) is 26.1. The summed E-state index contributed by atoms with van der Waals surface area (Å²) in [6.45, 7) is 2.63. The number of rotatable bonds is 4. The van der Waals surface area contributed by atoms with Gasteiger partial charge in [-0.15, -0.1) is 11.3 Å². The summed E-state index contributed by atoms with van der Waals surface area (Å²) in [5, 5.41) is 11.6. The first-order valence-electron chi connectivity index (χ1n) is 6.86. The maximum atomic E-state index is 12.6. The van der Waals surface area contributed by atoms with Crippen molar-refractivity contribution in [2.45, 2.75) is 26.3 Å². The van der Waals surface area contributed by atoms with Crippen molar-refractivity contribution in [1.82, 2.24) is 9.55 Å². The third kappa shape index (κ3) is 2.34. The van der Waals surface area contributed by atoms with Gasteiger partial charge in [-0.25, -0.2) is 0 Å². The summed E-state index contributed by atoms with van der Waals surface area (Å²) in [7, 11) is 0. The lowest BCUT2D eigenvalue weighted by Crippen LogP contribution is -2.21. The lowest BCUT2D eigenvalue weighted by atomic mass is 10.2. The van der Waals surface area contributed by atoms with Crippen LogP contribution in [0.3, 0.4) is 0 Å². The molecule has 0 unspecified atom stereocenters. The van der Waals surface area contributed by atoms with Crippen LogP contribution in [0.25, 0.3) is 20.3 Å². The minimum absolute atomic E-state index is 0.00156. The van der Waals surface area contributed by atoms with Crippen LogP contribution in [0.5, 0.6) is 0 Å². The average Bonchev–Trinajstić information content (AvgIpc) is 2.85. The van der Waals surface area contributed by atoms with Crippen molar-refractivity contribution < 1.29 is 4.92 Å². The number of hydrogen-bond donors (Lipinski definition) is 1. The van der Waals surface area contributed by atoms with E-state index in [-0.39, 0.29) is 11.2 Å². The summed E-state index contributed by atoms with van der Waals surface area (Å²) >= 11 is 6.60. The molecule has 1 aromatic carbocycles. The number of benzene rings is 1. The van der Waals surface area contributed by atoms with Gasteiger partial charge < -0.3 is 4.98 Å². The van der Waals surface area contributed by atoms with Gasteiger partial charge in [0.1, 0.15) is 4.70 Å². The summed E-state index contributed by atoms with van der Waals surface area (Å²) in [6, 6.07) is 4.60. The van der Waals surface area contributed by atoms with Crippen molar-refractivity contribution in [2.24, 2.45) is 0 Å². The Morgan fingerprint density at radius 1 is 1.45 bits per heavy atom. The predicted octanol–water partition coefficient (Wildman–Crippen LogP) is 3.98. The molecule has 0 aliphatic carbocycles. The Morgan fingerprint density at radius 3 is 2.91 bits per heavy atom. The van der Waals surface area contributed by atoms with E-state index in [2.05, 4.69) is 11.9 Å². The van der Waals surface area contributed by atoms with Gasteiger partial charge in [-0.3, -0.25) is 19.5 Å². The first kappa shape index (κ1) is 14.9. The second-order valence-electron chi connectivity index (χ2n) is 4.98. The van der Waals surface area contributed by atoms with Crippen molar-refractivity contribution in [1.29, 1.82) is 0 Å². The summed E-state index contributed by atoms with van der Waals surface area (Å²) in [6.07, 6.45) is 1.84. The minimum atomic E-state index is -0.444. The molecule has 2 heterocycles. The quantitative estimate of drug-likeness (QED) is 0.444. The van der Waals surface area contributed by atoms with Gasteiger partial charge in [0.2, 0.25) is 0 Å². The van der Waals surface area contributed by atoms with E-state index in [0.717, 1.165) is 17.5 Å². The topological polar surface area (TPSA) is 80.9 Å². The Kier molecular flexibility index (Phi) is 3.79. The molecule has 0 fully saturated rings. The molecule has 2 aromatic heterocycles. The number of unbranched alkanes of at least 4 members (excludes halogenated alkanes) is 1. The predicted molar refractivity (Wildman–Crippen MR) is 90.3 cm³/mol. The second-order valence-corrected chi connectivity index (χ2v) is 6.42. The average molecular weight is 335 g/mol. The number of nitrogens with zero attached hydrogens (tertiary/aromatic N) is 2. The Morgan fingerprint density at radius 2 is 2.23 bits per heavy atom. The second kappa shape index (κ2) is 5.62. The summed E-state index contributed by atoms with van der Waals surface area (Å²) < 4.78 is 3.30. The number of nitro groups is 1. The van der Waals surface area contributed by atoms with Crippen LogP contribution in [0.1, 0.15) is 19.8 Å². The lowest BCUT2D eigenvalue weighted by molar-refractivity contribution is -0.384. The van der Waals surface area contributed by atoms with Gasteiger partial charge in [0.05, 0.1) is 10.4 Å². The molecule has 8 heteroatoms. The molecule has 0 spiro atoms. The first-order chi connectivity index (χ1) is 10.5. The van der Waals surface area contributed by atoms with Crippen molar-refractivity contribution in [3.63, 3.8) is 0 Å². The summed E-state index contributed by atoms with van der Waals surface area (Å²) in [5.41, 5.74) is 0.462. The normalized spacial score (nSPS) is 11.3. The maximum Gasteiger partial charge on any atom is 0.272 e. The van der Waals surface area contributed by atoms with E-state index >= 15 is 0 Å². The molecule has 6 nitrogen and oxygen atoms in total. The van der Waals surface area contributed by atoms with Gasteiger partial charge in [0.15, 0.2) is 4.77 Å². The van der Waals surface area contributed by atoms with Gasteiger partial charge in [-0.1, -0.05) is 13.3 Å². The largest absolute Gasteiger partial charge is 0.330 e. The molecule has 0 amide bonds. The number of fused-ring (bicyclic) bond motifs is 3. The van der Waals surface area contributed by atoms with Crippen LogP contribution < -0.4 is 5.56 Å². The van der Waals surface area contributed by atoms with Gasteiger partial charge >= 0.3 is 0 Å². The standard InChI is InChI=1S/C14H13N3O3S2/c1-2-3-6-16-13(18)12-11(15-14(16)21)9-7-8(17(19)20)4-5-10(9)22-12/h4-5,7H,2-3,6H2,1H3,(H,15,21). The molecule has 0 aliphatic rings. The molecule has 1 N–H and O–H groups in total. The van der Waals surface area contributed by atoms with Crippen LogP contribution >= 0.6 is 23.6 Å². The molecule has 22 heavy (non-hydrogen) atoms. The fourth-order valence-corrected chi connectivity index (χ4v) is 3.75. The van der Waals surface area contributed by atoms with E-state index in [9.17, 15) is 14.9 Å². The third-order valence-corrected chi connectivity index (χ3v) is 5.02. The van der Waals surface area contributed by atoms with Crippen LogP contribution in [-0.2, 0) is 6.54 Å². The van der Waals surface area contributed by atoms with Gasteiger partial charge in [0, 0.05) is 28.8 Å². The highest BCUT2D eigenvalue weighted by Crippen LogP contribution is 2.32. The van der Waals surface area contributed by atoms with E-state index in [1.165, 1.54) is 23.5 Å². The summed E-state index contributed by atoms with van der Waals surface area (Å²) in [5.74, 6) is 0. The number of aromatic nitrogens is 2. The molecular weight excluding hydrogens is 322 g/mol. The Labute approximate surface area is 134 Å². The molecule has 0 saturated heterocycles. The highest BCUT2D eigenvalue weighted by molar-refractivity contribution is 7.71. The van der Waals surface area contributed by atoms with Gasteiger partial charge in [-0.05, 0) is 24.7 Å². The fraction of sp³-hybridized carbons (Fsp3) is 0.286. The van der Waals surface area contributed by atoms with E-state index < -0.39 is 4.92 Å². The molecular formula is C14H13N3O3S2. The smallest absolute Gasteiger partial charge is 0.272 e. The number of H-pyrrole nitrogens is 1. The van der Waals surface area contributed by atoms with E-state index in [1.54, 1.807) is 10.6 Å². The van der Waals surface area contributed by atoms with Crippen LogP contribution in [0.4, 0.5) is 5.69 Å².